The van der Waals surface area contributed by atoms with Crippen LogP contribution in [0.4, 0.5) is 13.2 Å². The average Bonchev–Trinajstić information content (AvgIpc) is 3.25. The fourth-order valence-electron chi connectivity index (χ4n) is 2.75. The van der Waals surface area contributed by atoms with Gasteiger partial charge in [0.15, 0.2) is 0 Å². The van der Waals surface area contributed by atoms with Crippen molar-refractivity contribution in [2.24, 2.45) is 0 Å². The second-order valence-electron chi connectivity index (χ2n) is 6.39. The van der Waals surface area contributed by atoms with Crippen LogP contribution < -0.4 is 4.74 Å². The van der Waals surface area contributed by atoms with Gasteiger partial charge in [0.2, 0.25) is 17.6 Å². The van der Waals surface area contributed by atoms with Crippen LogP contribution in [0.2, 0.25) is 0 Å². The summed E-state index contributed by atoms with van der Waals surface area (Å²) < 4.78 is 52.7. The Hall–Kier alpha value is -2.91. The standard InChI is InChI=1S/C18H19F3N4O3/c1-10-8-13(16-22-12(3)27-24-16)9-11(2)15(10)26-7-5-4-6-14-23-17(25-28-14)18(19,20)21/h8-9H,4-7H2,1-3H3. The van der Waals surface area contributed by atoms with Gasteiger partial charge in [-0.05, 0) is 49.9 Å². The molecule has 2 aromatic heterocycles. The molecule has 0 bridgehead atoms. The summed E-state index contributed by atoms with van der Waals surface area (Å²) in [6.07, 6.45) is -3.13. The number of alkyl halides is 3. The van der Waals surface area contributed by atoms with E-state index >= 15 is 0 Å². The van der Waals surface area contributed by atoms with Crippen LogP contribution in [0.1, 0.15) is 41.6 Å². The summed E-state index contributed by atoms with van der Waals surface area (Å²) in [4.78, 5) is 7.56. The van der Waals surface area contributed by atoms with Crippen LogP contribution in [0.25, 0.3) is 11.4 Å². The highest BCUT2D eigenvalue weighted by Gasteiger charge is 2.37. The zero-order chi connectivity index (χ0) is 20.3. The van der Waals surface area contributed by atoms with Crippen molar-refractivity contribution >= 4 is 0 Å². The minimum Gasteiger partial charge on any atom is -0.493 e. The molecule has 0 saturated heterocycles. The van der Waals surface area contributed by atoms with Crippen molar-refractivity contribution in [2.75, 3.05) is 6.61 Å². The molecule has 1 aromatic carbocycles. The van der Waals surface area contributed by atoms with Crippen molar-refractivity contribution in [1.29, 1.82) is 0 Å². The van der Waals surface area contributed by atoms with Crippen molar-refractivity contribution in [3.05, 3.63) is 40.9 Å². The monoisotopic (exact) mass is 396 g/mol. The van der Waals surface area contributed by atoms with Crippen molar-refractivity contribution in [3.63, 3.8) is 0 Å². The van der Waals surface area contributed by atoms with Crippen LogP contribution in [0, 0.1) is 20.8 Å². The molecule has 7 nitrogen and oxygen atoms in total. The van der Waals surface area contributed by atoms with Crippen LogP contribution in [0.15, 0.2) is 21.2 Å². The van der Waals surface area contributed by atoms with Crippen molar-refractivity contribution < 1.29 is 27.0 Å². The topological polar surface area (TPSA) is 87.1 Å². The van der Waals surface area contributed by atoms with Crippen LogP contribution in [-0.4, -0.2) is 26.9 Å². The highest BCUT2D eigenvalue weighted by molar-refractivity contribution is 5.60. The zero-order valence-corrected chi connectivity index (χ0v) is 15.6. The smallest absolute Gasteiger partial charge is 0.455 e. The molecule has 3 rings (SSSR count). The summed E-state index contributed by atoms with van der Waals surface area (Å²) >= 11 is 0. The number of unbranched alkanes of at least 4 members (excludes halogenated alkanes) is 1. The molecule has 28 heavy (non-hydrogen) atoms. The van der Waals surface area contributed by atoms with Gasteiger partial charge in [-0.1, -0.05) is 10.3 Å². The molecule has 0 saturated carbocycles. The molecule has 0 fully saturated rings. The van der Waals surface area contributed by atoms with E-state index in [0.717, 1.165) is 22.4 Å². The third-order valence-electron chi connectivity index (χ3n) is 4.00. The normalized spacial score (nSPS) is 11.8. The van der Waals surface area contributed by atoms with E-state index in [4.69, 9.17) is 9.26 Å². The average molecular weight is 396 g/mol. The predicted molar refractivity (Wildman–Crippen MR) is 91.7 cm³/mol. The summed E-state index contributed by atoms with van der Waals surface area (Å²) in [6.45, 7) is 6.00. The predicted octanol–water partition coefficient (Wildman–Crippen LogP) is 4.47. The number of halogens is 3. The lowest BCUT2D eigenvalue weighted by atomic mass is 10.1. The third-order valence-corrected chi connectivity index (χ3v) is 4.00. The van der Waals surface area contributed by atoms with Gasteiger partial charge in [-0.15, -0.1) is 0 Å². The summed E-state index contributed by atoms with van der Waals surface area (Å²) in [7, 11) is 0. The molecule has 0 spiro atoms. The van der Waals surface area contributed by atoms with Gasteiger partial charge >= 0.3 is 6.18 Å². The molecule has 0 aliphatic heterocycles. The highest BCUT2D eigenvalue weighted by atomic mass is 19.4. The fraction of sp³-hybridized carbons (Fsp3) is 0.444. The molecule has 3 aromatic rings. The van der Waals surface area contributed by atoms with Gasteiger partial charge in [0, 0.05) is 18.9 Å². The summed E-state index contributed by atoms with van der Waals surface area (Å²) in [5.41, 5.74) is 2.71. The minimum atomic E-state index is -4.59. The van der Waals surface area contributed by atoms with Crippen molar-refractivity contribution in [2.45, 2.75) is 46.2 Å². The molecule has 0 radical (unpaired) electrons. The number of benzene rings is 1. The number of rotatable bonds is 7. The van der Waals surface area contributed by atoms with Gasteiger partial charge in [-0.3, -0.25) is 0 Å². The SMILES string of the molecule is Cc1nc(-c2cc(C)c(OCCCCc3nc(C(F)(F)F)no3)c(C)c2)no1. The van der Waals surface area contributed by atoms with E-state index in [1.54, 1.807) is 6.92 Å². The Morgan fingerprint density at radius 2 is 1.68 bits per heavy atom. The van der Waals surface area contributed by atoms with E-state index in [0.29, 0.717) is 31.2 Å². The Labute approximate surface area is 158 Å². The van der Waals surface area contributed by atoms with Crippen LogP contribution >= 0.6 is 0 Å². The Bertz CT molecular complexity index is 927. The lowest BCUT2D eigenvalue weighted by Crippen LogP contribution is -2.07. The number of aryl methyl sites for hydroxylation is 4. The molecule has 2 heterocycles. The Kier molecular flexibility index (Phi) is 5.66. The second-order valence-corrected chi connectivity index (χ2v) is 6.39. The molecule has 0 aliphatic carbocycles. The maximum absolute atomic E-state index is 12.4. The minimum absolute atomic E-state index is 0.0283. The van der Waals surface area contributed by atoms with Crippen LogP contribution in [0.3, 0.4) is 0 Å². The largest absolute Gasteiger partial charge is 0.493 e. The van der Waals surface area contributed by atoms with Crippen LogP contribution in [-0.2, 0) is 12.6 Å². The molecule has 150 valence electrons. The quantitative estimate of drug-likeness (QED) is 0.545. The Balaban J connectivity index is 1.51. The number of hydrogen-bond acceptors (Lipinski definition) is 7. The second kappa shape index (κ2) is 7.99. The zero-order valence-electron chi connectivity index (χ0n) is 15.6. The lowest BCUT2D eigenvalue weighted by molar-refractivity contribution is -0.146. The maximum Gasteiger partial charge on any atom is 0.455 e. The van der Waals surface area contributed by atoms with Crippen molar-refractivity contribution in [1.82, 2.24) is 20.3 Å². The molecule has 0 unspecified atom stereocenters. The number of ether oxygens (including phenoxy) is 1. The summed E-state index contributed by atoms with van der Waals surface area (Å²) in [5.74, 6) is 0.504. The molecular weight excluding hydrogens is 377 g/mol. The molecule has 0 amide bonds. The number of hydrogen-bond donors (Lipinski definition) is 0. The molecule has 0 aliphatic rings. The fourth-order valence-corrected chi connectivity index (χ4v) is 2.75. The lowest BCUT2D eigenvalue weighted by Gasteiger charge is -2.13. The Morgan fingerprint density at radius 3 is 2.25 bits per heavy atom. The molecule has 0 atom stereocenters. The van der Waals surface area contributed by atoms with Gasteiger partial charge in [0.25, 0.3) is 5.82 Å². The number of nitrogens with zero attached hydrogens (tertiary/aromatic N) is 4. The summed E-state index contributed by atoms with van der Waals surface area (Å²) in [6, 6.07) is 3.84. The van der Waals surface area contributed by atoms with E-state index in [1.807, 2.05) is 26.0 Å². The Morgan fingerprint density at radius 1 is 0.964 bits per heavy atom. The molecule has 10 heteroatoms. The van der Waals surface area contributed by atoms with Crippen molar-refractivity contribution in [3.8, 4) is 17.1 Å². The first kappa shape index (κ1) is 19.8. The number of aromatic nitrogens is 4. The summed E-state index contributed by atoms with van der Waals surface area (Å²) in [5, 5.41) is 6.85. The molecular formula is C18H19F3N4O3. The van der Waals surface area contributed by atoms with Gasteiger partial charge in [-0.25, -0.2) is 0 Å². The van der Waals surface area contributed by atoms with Gasteiger partial charge < -0.3 is 13.8 Å². The first-order valence-electron chi connectivity index (χ1n) is 8.68. The highest BCUT2D eigenvalue weighted by Crippen LogP contribution is 2.29. The van der Waals surface area contributed by atoms with Gasteiger partial charge in [0.1, 0.15) is 5.75 Å². The van der Waals surface area contributed by atoms with E-state index in [1.165, 1.54) is 0 Å². The van der Waals surface area contributed by atoms with Crippen LogP contribution in [0.5, 0.6) is 5.75 Å². The van der Waals surface area contributed by atoms with E-state index < -0.39 is 12.0 Å². The van der Waals surface area contributed by atoms with Gasteiger partial charge in [0.05, 0.1) is 6.61 Å². The van der Waals surface area contributed by atoms with E-state index in [9.17, 15) is 13.2 Å². The third kappa shape index (κ3) is 4.68. The molecule has 0 N–H and O–H groups in total. The van der Waals surface area contributed by atoms with E-state index in [2.05, 4.69) is 24.8 Å². The first-order valence-corrected chi connectivity index (χ1v) is 8.68. The maximum atomic E-state index is 12.4. The first-order chi connectivity index (χ1) is 13.2. The van der Waals surface area contributed by atoms with Gasteiger partial charge in [-0.2, -0.15) is 23.1 Å². The van der Waals surface area contributed by atoms with E-state index in [-0.39, 0.29) is 12.3 Å².